The highest BCUT2D eigenvalue weighted by Gasteiger charge is 2.13. The standard InChI is InChI=1S/C9H20BO3/c1-3-5-10-9(7-12)13-8(4-2)6-11/h8-9,11-12H,3-7H2,1-2H3/t8-,9-/m1/s1. The maximum absolute atomic E-state index is 8.95. The molecule has 0 aromatic rings. The van der Waals surface area contributed by atoms with Gasteiger partial charge in [0, 0.05) is 6.00 Å². The molecule has 3 nitrogen and oxygen atoms in total. The fourth-order valence-corrected chi connectivity index (χ4v) is 1.04. The summed E-state index contributed by atoms with van der Waals surface area (Å²) in [6, 6.07) is -0.225. The molecule has 4 heteroatoms. The summed E-state index contributed by atoms with van der Waals surface area (Å²) in [6.07, 6.45) is 2.61. The third kappa shape index (κ3) is 6.08. The summed E-state index contributed by atoms with van der Waals surface area (Å²) in [5.41, 5.74) is 0. The Morgan fingerprint density at radius 1 is 1.23 bits per heavy atom. The van der Waals surface area contributed by atoms with Crippen LogP contribution in [0, 0.1) is 0 Å². The molecule has 0 aromatic carbocycles. The largest absolute Gasteiger partial charge is 0.394 e. The zero-order chi connectivity index (χ0) is 10.1. The second-order valence-electron chi connectivity index (χ2n) is 3.09. The Balaban J connectivity index is 3.67. The van der Waals surface area contributed by atoms with Gasteiger partial charge in [-0.2, -0.15) is 0 Å². The monoisotopic (exact) mass is 187 g/mol. The lowest BCUT2D eigenvalue weighted by atomic mass is 9.67. The van der Waals surface area contributed by atoms with E-state index in [9.17, 15) is 0 Å². The molecule has 0 aliphatic carbocycles. The molecule has 0 saturated carbocycles. The first kappa shape index (κ1) is 12.9. The van der Waals surface area contributed by atoms with Crippen molar-refractivity contribution in [2.45, 2.75) is 45.1 Å². The Morgan fingerprint density at radius 3 is 2.31 bits per heavy atom. The predicted octanol–water partition coefficient (Wildman–Crippen LogP) is 0.625. The Hall–Kier alpha value is -0.0551. The van der Waals surface area contributed by atoms with Crippen molar-refractivity contribution in [3.8, 4) is 0 Å². The van der Waals surface area contributed by atoms with E-state index in [1.165, 1.54) is 0 Å². The van der Waals surface area contributed by atoms with E-state index in [0.29, 0.717) is 0 Å². The van der Waals surface area contributed by atoms with Gasteiger partial charge < -0.3 is 14.9 Å². The van der Waals surface area contributed by atoms with Gasteiger partial charge in [-0.3, -0.25) is 0 Å². The van der Waals surface area contributed by atoms with Gasteiger partial charge in [0.1, 0.15) is 0 Å². The lowest BCUT2D eigenvalue weighted by Crippen LogP contribution is -2.31. The van der Waals surface area contributed by atoms with Crippen LogP contribution in [0.2, 0.25) is 6.32 Å². The third-order valence-electron chi connectivity index (χ3n) is 1.92. The van der Waals surface area contributed by atoms with Gasteiger partial charge in [-0.15, -0.1) is 0 Å². The lowest BCUT2D eigenvalue weighted by molar-refractivity contribution is -0.0269. The van der Waals surface area contributed by atoms with Crippen molar-refractivity contribution in [3.05, 3.63) is 0 Å². The summed E-state index contributed by atoms with van der Waals surface area (Å²) < 4.78 is 5.44. The molecular formula is C9H20BO3. The van der Waals surface area contributed by atoms with E-state index in [1.807, 2.05) is 14.2 Å². The Labute approximate surface area is 81.3 Å². The van der Waals surface area contributed by atoms with E-state index in [1.54, 1.807) is 0 Å². The predicted molar refractivity (Wildman–Crippen MR) is 54.0 cm³/mol. The summed E-state index contributed by atoms with van der Waals surface area (Å²) in [6.45, 7) is 4.05. The van der Waals surface area contributed by atoms with Crippen LogP contribution in [-0.2, 0) is 4.74 Å². The molecule has 0 amide bonds. The molecular weight excluding hydrogens is 167 g/mol. The highest BCUT2D eigenvalue weighted by atomic mass is 16.5. The van der Waals surface area contributed by atoms with Crippen molar-refractivity contribution in [1.82, 2.24) is 0 Å². The van der Waals surface area contributed by atoms with Crippen LogP contribution >= 0.6 is 0 Å². The van der Waals surface area contributed by atoms with Gasteiger partial charge in [0.2, 0.25) is 0 Å². The highest BCUT2D eigenvalue weighted by molar-refractivity contribution is 6.37. The fraction of sp³-hybridized carbons (Fsp3) is 1.00. The second kappa shape index (κ2) is 8.54. The molecule has 13 heavy (non-hydrogen) atoms. The summed E-state index contributed by atoms with van der Waals surface area (Å²) in [5.74, 6) is 0. The van der Waals surface area contributed by atoms with Gasteiger partial charge in [-0.1, -0.05) is 26.6 Å². The maximum Gasteiger partial charge on any atom is 0.152 e. The minimum atomic E-state index is -0.225. The van der Waals surface area contributed by atoms with Gasteiger partial charge >= 0.3 is 0 Å². The zero-order valence-corrected chi connectivity index (χ0v) is 8.57. The number of aliphatic hydroxyl groups is 2. The van der Waals surface area contributed by atoms with Crippen LogP contribution in [0.15, 0.2) is 0 Å². The summed E-state index contributed by atoms with van der Waals surface area (Å²) in [7, 11) is 1.96. The van der Waals surface area contributed by atoms with Crippen LogP contribution < -0.4 is 0 Å². The molecule has 0 aliphatic rings. The molecule has 0 saturated heterocycles. The van der Waals surface area contributed by atoms with Gasteiger partial charge in [0.15, 0.2) is 7.28 Å². The highest BCUT2D eigenvalue weighted by Crippen LogP contribution is 2.03. The van der Waals surface area contributed by atoms with E-state index in [0.717, 1.165) is 19.2 Å². The van der Waals surface area contributed by atoms with Gasteiger partial charge in [0.25, 0.3) is 0 Å². The van der Waals surface area contributed by atoms with E-state index in [2.05, 4.69) is 6.92 Å². The van der Waals surface area contributed by atoms with Crippen molar-refractivity contribution >= 4 is 7.28 Å². The van der Waals surface area contributed by atoms with Crippen molar-refractivity contribution in [2.24, 2.45) is 0 Å². The molecule has 0 unspecified atom stereocenters. The van der Waals surface area contributed by atoms with Crippen LogP contribution in [0.25, 0.3) is 0 Å². The zero-order valence-electron chi connectivity index (χ0n) is 8.57. The van der Waals surface area contributed by atoms with E-state index < -0.39 is 0 Å². The summed E-state index contributed by atoms with van der Waals surface area (Å²) in [4.78, 5) is 0. The molecule has 0 spiro atoms. The molecule has 0 rings (SSSR count). The molecule has 77 valence electrons. The van der Waals surface area contributed by atoms with Crippen molar-refractivity contribution < 1.29 is 14.9 Å². The molecule has 0 aromatic heterocycles. The molecule has 1 radical (unpaired) electrons. The first-order chi connectivity index (χ1) is 6.28. The molecule has 0 fully saturated rings. The maximum atomic E-state index is 8.95. The van der Waals surface area contributed by atoms with Crippen molar-refractivity contribution in [2.75, 3.05) is 13.2 Å². The molecule has 0 aliphatic heterocycles. The van der Waals surface area contributed by atoms with Crippen LogP contribution in [0.4, 0.5) is 0 Å². The molecule has 0 bridgehead atoms. The van der Waals surface area contributed by atoms with Gasteiger partial charge in [-0.05, 0) is 6.42 Å². The lowest BCUT2D eigenvalue weighted by Gasteiger charge is -2.20. The average molecular weight is 187 g/mol. The minimum absolute atomic E-state index is 0.00347. The smallest absolute Gasteiger partial charge is 0.152 e. The first-order valence-corrected chi connectivity index (χ1v) is 4.98. The normalized spacial score (nSPS) is 15.4. The van der Waals surface area contributed by atoms with Crippen LogP contribution in [-0.4, -0.2) is 42.8 Å². The number of ether oxygens (including phenoxy) is 1. The van der Waals surface area contributed by atoms with Crippen molar-refractivity contribution in [1.29, 1.82) is 0 Å². The molecule has 2 N–H and O–H groups in total. The van der Waals surface area contributed by atoms with E-state index in [4.69, 9.17) is 14.9 Å². The number of aliphatic hydroxyl groups excluding tert-OH is 2. The van der Waals surface area contributed by atoms with Crippen LogP contribution in [0.5, 0.6) is 0 Å². The molecule has 0 heterocycles. The molecule has 2 atom stereocenters. The van der Waals surface area contributed by atoms with Crippen molar-refractivity contribution in [3.63, 3.8) is 0 Å². The Bertz CT molecular complexity index is 107. The summed E-state index contributed by atoms with van der Waals surface area (Å²) in [5, 5.41) is 17.8. The number of hydrogen-bond donors (Lipinski definition) is 2. The topological polar surface area (TPSA) is 49.7 Å². The van der Waals surface area contributed by atoms with E-state index in [-0.39, 0.29) is 25.3 Å². The van der Waals surface area contributed by atoms with Crippen LogP contribution in [0.1, 0.15) is 26.7 Å². The number of hydrogen-bond acceptors (Lipinski definition) is 3. The second-order valence-corrected chi connectivity index (χ2v) is 3.09. The van der Waals surface area contributed by atoms with Gasteiger partial charge in [-0.25, -0.2) is 0 Å². The van der Waals surface area contributed by atoms with E-state index >= 15 is 0 Å². The quantitative estimate of drug-likeness (QED) is 0.548. The van der Waals surface area contributed by atoms with Gasteiger partial charge in [0.05, 0.1) is 19.3 Å². The Morgan fingerprint density at radius 2 is 1.92 bits per heavy atom. The Kier molecular flexibility index (Phi) is 8.50. The fourth-order valence-electron chi connectivity index (χ4n) is 1.04. The number of rotatable bonds is 8. The third-order valence-corrected chi connectivity index (χ3v) is 1.92. The van der Waals surface area contributed by atoms with Crippen LogP contribution in [0.3, 0.4) is 0 Å². The minimum Gasteiger partial charge on any atom is -0.394 e. The average Bonchev–Trinajstić information content (AvgIpc) is 2.19. The first-order valence-electron chi connectivity index (χ1n) is 4.98. The summed E-state index contributed by atoms with van der Waals surface area (Å²) >= 11 is 0. The SMILES string of the molecule is CCC[B][C@@H](CO)O[C@H](CC)CO.